The highest BCUT2D eigenvalue weighted by Gasteiger charge is 2.40. The van der Waals surface area contributed by atoms with Gasteiger partial charge in [0.25, 0.3) is 5.91 Å². The van der Waals surface area contributed by atoms with Crippen LogP contribution in [0.4, 0.5) is 5.69 Å². The molecule has 1 saturated heterocycles. The molecule has 0 unspecified atom stereocenters. The second-order valence-electron chi connectivity index (χ2n) is 5.94. The van der Waals surface area contributed by atoms with E-state index in [0.717, 1.165) is 6.54 Å². The van der Waals surface area contributed by atoms with Crippen LogP contribution in [0.1, 0.15) is 36.5 Å². The molecular formula is C17H20N2O4. The van der Waals surface area contributed by atoms with Crippen molar-refractivity contribution in [3.05, 3.63) is 29.8 Å². The van der Waals surface area contributed by atoms with Gasteiger partial charge in [0, 0.05) is 0 Å². The van der Waals surface area contributed by atoms with Gasteiger partial charge in [-0.05, 0) is 56.5 Å². The van der Waals surface area contributed by atoms with E-state index in [1.165, 1.54) is 17.7 Å². The van der Waals surface area contributed by atoms with Gasteiger partial charge in [-0.2, -0.15) is 0 Å². The number of hydrogen-bond acceptors (Lipinski definition) is 5. The van der Waals surface area contributed by atoms with Gasteiger partial charge in [-0.3, -0.25) is 9.59 Å². The summed E-state index contributed by atoms with van der Waals surface area (Å²) in [5.41, 5.74) is 0.891. The number of rotatable bonds is 6. The van der Waals surface area contributed by atoms with Crippen LogP contribution in [0.15, 0.2) is 24.3 Å². The molecular weight excluding hydrogens is 296 g/mol. The summed E-state index contributed by atoms with van der Waals surface area (Å²) in [7, 11) is 0. The third-order valence-corrected chi connectivity index (χ3v) is 4.13. The molecule has 0 bridgehead atoms. The Labute approximate surface area is 134 Å². The maximum absolute atomic E-state index is 12.4. The quantitative estimate of drug-likeness (QED) is 0.636. The van der Waals surface area contributed by atoms with Gasteiger partial charge >= 0.3 is 5.97 Å². The van der Waals surface area contributed by atoms with Crippen molar-refractivity contribution in [2.45, 2.75) is 32.2 Å². The topological polar surface area (TPSA) is 75.7 Å². The Balaban J connectivity index is 1.68. The van der Waals surface area contributed by atoms with Gasteiger partial charge in [0.05, 0.1) is 30.3 Å². The molecule has 6 heteroatoms. The lowest BCUT2D eigenvalue weighted by Gasteiger charge is -2.16. The number of carbonyl (C=O) groups is 3. The minimum atomic E-state index is -0.437. The van der Waals surface area contributed by atoms with E-state index in [0.29, 0.717) is 23.8 Å². The highest BCUT2D eigenvalue weighted by molar-refractivity contribution is 6.22. The third-order valence-electron chi connectivity index (χ3n) is 4.13. The summed E-state index contributed by atoms with van der Waals surface area (Å²) in [6.07, 6.45) is 2.58. The number of ether oxygens (including phenoxy) is 1. The van der Waals surface area contributed by atoms with Crippen LogP contribution in [-0.2, 0) is 14.3 Å². The van der Waals surface area contributed by atoms with Crippen LogP contribution in [0.3, 0.4) is 0 Å². The molecule has 1 aliphatic carbocycles. The second-order valence-corrected chi connectivity index (χ2v) is 5.94. The smallest absolute Gasteiger partial charge is 0.338 e. The van der Waals surface area contributed by atoms with E-state index in [-0.39, 0.29) is 18.2 Å². The van der Waals surface area contributed by atoms with Crippen LogP contribution in [0.25, 0.3) is 0 Å². The van der Waals surface area contributed by atoms with Gasteiger partial charge in [-0.1, -0.05) is 0 Å². The van der Waals surface area contributed by atoms with Crippen molar-refractivity contribution in [2.24, 2.45) is 5.92 Å². The number of hydrogen-bond donors (Lipinski definition) is 1. The van der Waals surface area contributed by atoms with Crippen LogP contribution >= 0.6 is 0 Å². The summed E-state index contributed by atoms with van der Waals surface area (Å²) in [6.45, 7) is 2.83. The van der Waals surface area contributed by atoms with Crippen molar-refractivity contribution < 1.29 is 19.1 Å². The van der Waals surface area contributed by atoms with Gasteiger partial charge in [0.15, 0.2) is 0 Å². The molecule has 0 aromatic heterocycles. The molecule has 1 saturated carbocycles. The normalized spacial score (nSPS) is 20.9. The molecule has 1 aliphatic heterocycles. The van der Waals surface area contributed by atoms with E-state index in [2.05, 4.69) is 5.32 Å². The third kappa shape index (κ3) is 3.42. The fourth-order valence-corrected chi connectivity index (χ4v) is 2.65. The number of amides is 2. The lowest BCUT2D eigenvalue weighted by Crippen LogP contribution is -2.39. The van der Waals surface area contributed by atoms with E-state index in [1.807, 2.05) is 0 Å². The molecule has 2 aliphatic rings. The average Bonchev–Trinajstić information content (AvgIpc) is 3.32. The second kappa shape index (κ2) is 6.50. The zero-order chi connectivity index (χ0) is 16.4. The molecule has 23 heavy (non-hydrogen) atoms. The first-order chi connectivity index (χ1) is 11.1. The largest absolute Gasteiger partial charge is 0.462 e. The highest BCUT2D eigenvalue weighted by atomic mass is 16.5. The summed E-state index contributed by atoms with van der Waals surface area (Å²) in [6, 6.07) is 5.90. The predicted molar refractivity (Wildman–Crippen MR) is 84.0 cm³/mol. The standard InChI is InChI=1S/C17H20N2O4/c1-2-23-17(22)12-5-7-13(8-6-12)19-15(20)9-14(16(19)21)18-10-11-3-4-11/h5-8,11,14,18H,2-4,9-10H2,1H3/t14-/m1/s1. The van der Waals surface area contributed by atoms with Gasteiger partial charge in [-0.15, -0.1) is 0 Å². The Kier molecular flexibility index (Phi) is 4.43. The summed E-state index contributed by atoms with van der Waals surface area (Å²) in [4.78, 5) is 37.4. The minimum Gasteiger partial charge on any atom is -0.462 e. The average molecular weight is 316 g/mol. The first-order valence-electron chi connectivity index (χ1n) is 7.97. The molecule has 1 atom stereocenters. The van der Waals surface area contributed by atoms with Crippen LogP contribution in [0.5, 0.6) is 0 Å². The van der Waals surface area contributed by atoms with Gasteiger partial charge in [0.1, 0.15) is 0 Å². The number of nitrogens with one attached hydrogen (secondary N) is 1. The fraction of sp³-hybridized carbons (Fsp3) is 0.471. The molecule has 1 aromatic carbocycles. The van der Waals surface area contributed by atoms with Gasteiger partial charge in [-0.25, -0.2) is 9.69 Å². The Morgan fingerprint density at radius 1 is 1.26 bits per heavy atom. The van der Waals surface area contributed by atoms with Gasteiger partial charge < -0.3 is 10.1 Å². The van der Waals surface area contributed by atoms with Crippen molar-refractivity contribution in [3.63, 3.8) is 0 Å². The van der Waals surface area contributed by atoms with Crippen LogP contribution in [0, 0.1) is 5.92 Å². The Hall–Kier alpha value is -2.21. The Bertz CT molecular complexity index is 622. The van der Waals surface area contributed by atoms with Crippen LogP contribution in [-0.4, -0.2) is 37.0 Å². The van der Waals surface area contributed by atoms with E-state index in [1.54, 1.807) is 31.2 Å². The van der Waals surface area contributed by atoms with Crippen molar-refractivity contribution >= 4 is 23.5 Å². The number of carbonyl (C=O) groups excluding carboxylic acids is 3. The first-order valence-corrected chi connectivity index (χ1v) is 7.97. The number of anilines is 1. The first kappa shape index (κ1) is 15.7. The lowest BCUT2D eigenvalue weighted by atomic mass is 10.2. The summed E-state index contributed by atoms with van der Waals surface area (Å²) in [5, 5.41) is 3.18. The highest BCUT2D eigenvalue weighted by Crippen LogP contribution is 2.29. The molecule has 2 fully saturated rings. The van der Waals surface area contributed by atoms with Crippen molar-refractivity contribution in [1.82, 2.24) is 5.32 Å². The Morgan fingerprint density at radius 2 is 1.96 bits per heavy atom. The Morgan fingerprint density at radius 3 is 2.57 bits per heavy atom. The van der Waals surface area contributed by atoms with E-state index in [4.69, 9.17) is 4.74 Å². The molecule has 122 valence electrons. The maximum Gasteiger partial charge on any atom is 0.338 e. The molecule has 1 N–H and O–H groups in total. The SMILES string of the molecule is CCOC(=O)c1ccc(N2C(=O)C[C@@H](NCC3CC3)C2=O)cc1. The monoisotopic (exact) mass is 316 g/mol. The number of nitrogens with zero attached hydrogens (tertiary/aromatic N) is 1. The molecule has 3 rings (SSSR count). The van der Waals surface area contributed by atoms with Crippen molar-refractivity contribution in [2.75, 3.05) is 18.1 Å². The van der Waals surface area contributed by atoms with Gasteiger partial charge in [0.2, 0.25) is 5.91 Å². The molecule has 0 radical (unpaired) electrons. The number of esters is 1. The zero-order valence-electron chi connectivity index (χ0n) is 13.1. The van der Waals surface area contributed by atoms with E-state index in [9.17, 15) is 14.4 Å². The molecule has 1 aromatic rings. The molecule has 1 heterocycles. The van der Waals surface area contributed by atoms with Crippen molar-refractivity contribution in [1.29, 1.82) is 0 Å². The zero-order valence-corrected chi connectivity index (χ0v) is 13.1. The number of benzene rings is 1. The minimum absolute atomic E-state index is 0.186. The lowest BCUT2D eigenvalue weighted by molar-refractivity contribution is -0.121. The molecule has 6 nitrogen and oxygen atoms in total. The summed E-state index contributed by atoms with van der Waals surface area (Å²) < 4.78 is 4.92. The predicted octanol–water partition coefficient (Wildman–Crippen LogP) is 1.49. The fourth-order valence-electron chi connectivity index (χ4n) is 2.65. The summed E-state index contributed by atoms with van der Waals surface area (Å²) in [5.74, 6) is -0.204. The summed E-state index contributed by atoms with van der Waals surface area (Å²) >= 11 is 0. The van der Waals surface area contributed by atoms with Crippen LogP contribution in [0.2, 0.25) is 0 Å². The molecule has 2 amide bonds. The number of imide groups is 1. The van der Waals surface area contributed by atoms with Crippen molar-refractivity contribution in [3.8, 4) is 0 Å². The maximum atomic E-state index is 12.4. The molecule has 0 spiro atoms. The van der Waals surface area contributed by atoms with Crippen LogP contribution < -0.4 is 10.2 Å². The van der Waals surface area contributed by atoms with E-state index >= 15 is 0 Å². The van der Waals surface area contributed by atoms with E-state index < -0.39 is 12.0 Å².